The molecule has 1 unspecified atom stereocenters. The van der Waals surface area contributed by atoms with E-state index in [1.54, 1.807) is 0 Å². The van der Waals surface area contributed by atoms with E-state index in [0.717, 1.165) is 36.0 Å². The molecule has 1 atom stereocenters. The standard InChI is InChI=1S/C22H28N4O2.HI/c1-3-23-22(26-18-10-13-21(27)24-15-18)25-14-17-6-4-5-7-20(17)28-19-11-8-16(2)9-12-19;/h4-9,11-12,18H,3,10,13-15H2,1-2H3,(H,24,27)(H2,23,25,26);1H. The van der Waals surface area contributed by atoms with Gasteiger partial charge in [-0.3, -0.25) is 4.79 Å². The molecular formula is C22H29IN4O2. The maximum absolute atomic E-state index is 11.3. The number of carbonyl (C=O) groups excluding carboxylic acids is 1. The van der Waals surface area contributed by atoms with Crippen LogP contribution in [-0.2, 0) is 11.3 Å². The highest BCUT2D eigenvalue weighted by molar-refractivity contribution is 14.0. The van der Waals surface area contributed by atoms with Crippen molar-refractivity contribution < 1.29 is 9.53 Å². The molecule has 1 aliphatic heterocycles. The van der Waals surface area contributed by atoms with E-state index in [1.807, 2.05) is 55.5 Å². The van der Waals surface area contributed by atoms with Crippen LogP contribution >= 0.6 is 24.0 Å². The van der Waals surface area contributed by atoms with Crippen molar-refractivity contribution in [2.45, 2.75) is 39.3 Å². The van der Waals surface area contributed by atoms with Crippen LogP contribution in [0.1, 0.15) is 30.9 Å². The Kier molecular flexibility index (Phi) is 9.24. The lowest BCUT2D eigenvalue weighted by atomic mass is 10.1. The summed E-state index contributed by atoms with van der Waals surface area (Å²) in [5.41, 5.74) is 2.21. The molecule has 2 aromatic carbocycles. The van der Waals surface area contributed by atoms with E-state index >= 15 is 0 Å². The topological polar surface area (TPSA) is 74.8 Å². The monoisotopic (exact) mass is 508 g/mol. The molecule has 0 radical (unpaired) electrons. The lowest BCUT2D eigenvalue weighted by molar-refractivity contribution is -0.122. The third kappa shape index (κ3) is 7.23. The van der Waals surface area contributed by atoms with Crippen molar-refractivity contribution in [2.24, 2.45) is 4.99 Å². The smallest absolute Gasteiger partial charge is 0.220 e. The molecule has 0 bridgehead atoms. The Hall–Kier alpha value is -2.29. The van der Waals surface area contributed by atoms with Gasteiger partial charge in [-0.25, -0.2) is 4.99 Å². The summed E-state index contributed by atoms with van der Waals surface area (Å²) in [7, 11) is 0. The van der Waals surface area contributed by atoms with Crippen LogP contribution in [0.4, 0.5) is 0 Å². The molecule has 1 aliphatic rings. The van der Waals surface area contributed by atoms with E-state index in [4.69, 9.17) is 9.73 Å². The highest BCUT2D eigenvalue weighted by atomic mass is 127. The first kappa shape index (κ1) is 23.0. The van der Waals surface area contributed by atoms with Gasteiger partial charge in [0, 0.05) is 31.1 Å². The number of nitrogens with zero attached hydrogens (tertiary/aromatic N) is 1. The van der Waals surface area contributed by atoms with Gasteiger partial charge in [0.15, 0.2) is 5.96 Å². The molecule has 0 spiro atoms. The van der Waals surface area contributed by atoms with Gasteiger partial charge >= 0.3 is 0 Å². The van der Waals surface area contributed by atoms with E-state index in [-0.39, 0.29) is 35.9 Å². The fourth-order valence-electron chi connectivity index (χ4n) is 3.00. The zero-order chi connectivity index (χ0) is 19.8. The summed E-state index contributed by atoms with van der Waals surface area (Å²) in [6.07, 6.45) is 1.35. The van der Waals surface area contributed by atoms with Gasteiger partial charge in [-0.1, -0.05) is 35.9 Å². The summed E-state index contributed by atoms with van der Waals surface area (Å²) in [4.78, 5) is 16.1. The molecule has 6 nitrogen and oxygen atoms in total. The molecule has 29 heavy (non-hydrogen) atoms. The van der Waals surface area contributed by atoms with Crippen molar-refractivity contribution in [2.75, 3.05) is 13.1 Å². The van der Waals surface area contributed by atoms with Gasteiger partial charge in [0.1, 0.15) is 11.5 Å². The number of carbonyl (C=O) groups is 1. The number of guanidine groups is 1. The summed E-state index contributed by atoms with van der Waals surface area (Å²) in [5, 5.41) is 9.57. The fraction of sp³-hybridized carbons (Fsp3) is 0.364. The van der Waals surface area contributed by atoms with Crippen molar-refractivity contribution in [1.29, 1.82) is 0 Å². The SMILES string of the molecule is CCNC(=NCc1ccccc1Oc1ccc(C)cc1)NC1CCC(=O)NC1.I. The van der Waals surface area contributed by atoms with Crippen LogP contribution in [0, 0.1) is 6.92 Å². The third-order valence-electron chi connectivity index (χ3n) is 4.58. The highest BCUT2D eigenvalue weighted by Gasteiger charge is 2.18. The zero-order valence-electron chi connectivity index (χ0n) is 16.9. The second kappa shape index (κ2) is 11.6. The second-order valence-electron chi connectivity index (χ2n) is 6.90. The third-order valence-corrected chi connectivity index (χ3v) is 4.58. The molecule has 0 aromatic heterocycles. The molecule has 0 saturated carbocycles. The Morgan fingerprint density at radius 1 is 1.21 bits per heavy atom. The lowest BCUT2D eigenvalue weighted by Gasteiger charge is -2.25. The largest absolute Gasteiger partial charge is 0.457 e. The molecule has 1 saturated heterocycles. The summed E-state index contributed by atoms with van der Waals surface area (Å²) in [6.45, 7) is 5.98. The number of hydrogen-bond acceptors (Lipinski definition) is 3. The van der Waals surface area contributed by atoms with Crippen molar-refractivity contribution in [3.05, 3.63) is 59.7 Å². The number of nitrogens with one attached hydrogen (secondary N) is 3. The molecule has 1 heterocycles. The summed E-state index contributed by atoms with van der Waals surface area (Å²) in [5.74, 6) is 2.47. The van der Waals surface area contributed by atoms with Gasteiger partial charge < -0.3 is 20.7 Å². The highest BCUT2D eigenvalue weighted by Crippen LogP contribution is 2.26. The van der Waals surface area contributed by atoms with Gasteiger partial charge in [-0.05, 0) is 38.5 Å². The zero-order valence-corrected chi connectivity index (χ0v) is 19.2. The Morgan fingerprint density at radius 2 is 1.97 bits per heavy atom. The predicted molar refractivity (Wildman–Crippen MR) is 127 cm³/mol. The Bertz CT molecular complexity index is 814. The maximum Gasteiger partial charge on any atom is 0.220 e. The molecule has 0 aliphatic carbocycles. The number of benzene rings is 2. The van der Waals surface area contributed by atoms with E-state index in [9.17, 15) is 4.79 Å². The van der Waals surface area contributed by atoms with Gasteiger partial charge in [0.05, 0.1) is 6.54 Å². The van der Waals surface area contributed by atoms with E-state index in [2.05, 4.69) is 22.9 Å². The van der Waals surface area contributed by atoms with Gasteiger partial charge in [-0.15, -0.1) is 24.0 Å². The van der Waals surface area contributed by atoms with Gasteiger partial charge in [0.25, 0.3) is 0 Å². The van der Waals surface area contributed by atoms with E-state index in [0.29, 0.717) is 19.5 Å². The molecule has 7 heteroatoms. The number of para-hydroxylation sites is 1. The van der Waals surface area contributed by atoms with Gasteiger partial charge in [-0.2, -0.15) is 0 Å². The number of ether oxygens (including phenoxy) is 1. The maximum atomic E-state index is 11.3. The van der Waals surface area contributed by atoms with Crippen LogP contribution in [-0.4, -0.2) is 31.0 Å². The molecular weight excluding hydrogens is 479 g/mol. The van der Waals surface area contributed by atoms with Gasteiger partial charge in [0.2, 0.25) is 5.91 Å². The summed E-state index contributed by atoms with van der Waals surface area (Å²) < 4.78 is 6.06. The lowest BCUT2D eigenvalue weighted by Crippen LogP contribution is -2.51. The van der Waals surface area contributed by atoms with Crippen LogP contribution in [0.3, 0.4) is 0 Å². The van der Waals surface area contributed by atoms with Crippen molar-refractivity contribution >= 4 is 35.8 Å². The molecule has 1 amide bonds. The minimum atomic E-state index is 0. The average Bonchev–Trinajstić information content (AvgIpc) is 2.71. The Balaban J connectivity index is 0.00000300. The minimum Gasteiger partial charge on any atom is -0.457 e. The number of rotatable bonds is 6. The first-order valence-electron chi connectivity index (χ1n) is 9.78. The van der Waals surface area contributed by atoms with Crippen LogP contribution in [0.15, 0.2) is 53.5 Å². The van der Waals surface area contributed by atoms with Crippen LogP contribution in [0.5, 0.6) is 11.5 Å². The minimum absolute atomic E-state index is 0. The number of halogens is 1. The number of hydrogen-bond donors (Lipinski definition) is 3. The van der Waals surface area contributed by atoms with Crippen molar-refractivity contribution in [3.8, 4) is 11.5 Å². The molecule has 2 aromatic rings. The van der Waals surface area contributed by atoms with E-state index < -0.39 is 0 Å². The quantitative estimate of drug-likeness (QED) is 0.316. The first-order valence-corrected chi connectivity index (χ1v) is 9.78. The predicted octanol–water partition coefficient (Wildman–Crippen LogP) is 3.74. The second-order valence-corrected chi connectivity index (χ2v) is 6.90. The first-order chi connectivity index (χ1) is 13.6. The van der Waals surface area contributed by atoms with Crippen LogP contribution in [0.25, 0.3) is 0 Å². The normalized spacial score (nSPS) is 16.4. The number of aryl methyl sites for hydroxylation is 1. The fourth-order valence-corrected chi connectivity index (χ4v) is 3.00. The summed E-state index contributed by atoms with van der Waals surface area (Å²) >= 11 is 0. The van der Waals surface area contributed by atoms with Crippen molar-refractivity contribution in [3.63, 3.8) is 0 Å². The van der Waals surface area contributed by atoms with Crippen LogP contribution in [0.2, 0.25) is 0 Å². The van der Waals surface area contributed by atoms with E-state index in [1.165, 1.54) is 5.56 Å². The molecule has 3 rings (SSSR count). The number of piperidine rings is 1. The summed E-state index contributed by atoms with van der Waals surface area (Å²) in [6, 6.07) is 16.1. The molecule has 3 N–H and O–H groups in total. The molecule has 1 fully saturated rings. The number of amides is 1. The molecule has 156 valence electrons. The Labute approximate surface area is 189 Å². The Morgan fingerprint density at radius 3 is 2.66 bits per heavy atom. The van der Waals surface area contributed by atoms with Crippen molar-refractivity contribution in [1.82, 2.24) is 16.0 Å². The number of aliphatic imine (C=N–C) groups is 1. The van der Waals surface area contributed by atoms with Crippen LogP contribution < -0.4 is 20.7 Å². The average molecular weight is 508 g/mol.